The zero-order chi connectivity index (χ0) is 11.0. The van der Waals surface area contributed by atoms with Crippen LogP contribution < -0.4 is 10.6 Å². The number of fused-ring (bicyclic) bond motifs is 1. The fourth-order valence-electron chi connectivity index (χ4n) is 3.44. The van der Waals surface area contributed by atoms with Crippen LogP contribution in [0.4, 0.5) is 0 Å². The molecule has 4 nitrogen and oxygen atoms in total. The van der Waals surface area contributed by atoms with Crippen LogP contribution in [0.5, 0.6) is 0 Å². The molecule has 0 bridgehead atoms. The number of rotatable bonds is 3. The van der Waals surface area contributed by atoms with Crippen molar-refractivity contribution in [1.29, 1.82) is 0 Å². The van der Waals surface area contributed by atoms with Gasteiger partial charge in [0.05, 0.1) is 0 Å². The second-order valence-corrected chi connectivity index (χ2v) is 5.35. The highest BCUT2D eigenvalue weighted by molar-refractivity contribution is 5.78. The lowest BCUT2D eigenvalue weighted by atomic mass is 10.1. The van der Waals surface area contributed by atoms with Gasteiger partial charge in [-0.15, -0.1) is 0 Å². The molecule has 1 amide bonds. The Labute approximate surface area is 96.8 Å². The molecule has 3 saturated heterocycles. The number of hydrogen-bond donors (Lipinski definition) is 2. The standard InChI is InChI=1S/C12H21N3O/c16-12-4-3-9(14-12)8-13-10-5-7-15-6-1-2-11(10)15/h9-11,13H,1-8H2,(H,14,16). The summed E-state index contributed by atoms with van der Waals surface area (Å²) in [5, 5.41) is 6.68. The Morgan fingerprint density at radius 2 is 2.25 bits per heavy atom. The number of amides is 1. The fraction of sp³-hybridized carbons (Fsp3) is 0.917. The van der Waals surface area contributed by atoms with E-state index in [-0.39, 0.29) is 5.91 Å². The monoisotopic (exact) mass is 223 g/mol. The third kappa shape index (κ3) is 1.96. The van der Waals surface area contributed by atoms with Gasteiger partial charge in [-0.05, 0) is 32.2 Å². The second-order valence-electron chi connectivity index (χ2n) is 5.35. The van der Waals surface area contributed by atoms with E-state index in [1.54, 1.807) is 0 Å². The molecule has 3 unspecified atom stereocenters. The van der Waals surface area contributed by atoms with Crippen LogP contribution in [0.15, 0.2) is 0 Å². The van der Waals surface area contributed by atoms with E-state index in [0.29, 0.717) is 18.5 Å². The van der Waals surface area contributed by atoms with Crippen molar-refractivity contribution < 1.29 is 4.79 Å². The Kier molecular flexibility index (Phi) is 2.86. The maximum absolute atomic E-state index is 11.1. The lowest BCUT2D eigenvalue weighted by Gasteiger charge is -2.22. The summed E-state index contributed by atoms with van der Waals surface area (Å²) in [7, 11) is 0. The van der Waals surface area contributed by atoms with Crippen molar-refractivity contribution >= 4 is 5.91 Å². The zero-order valence-electron chi connectivity index (χ0n) is 9.74. The van der Waals surface area contributed by atoms with Crippen molar-refractivity contribution in [2.45, 2.75) is 50.2 Å². The Morgan fingerprint density at radius 1 is 1.31 bits per heavy atom. The van der Waals surface area contributed by atoms with Crippen molar-refractivity contribution in [2.24, 2.45) is 0 Å². The summed E-state index contributed by atoms with van der Waals surface area (Å²) in [5.41, 5.74) is 0. The van der Waals surface area contributed by atoms with Gasteiger partial charge >= 0.3 is 0 Å². The number of carbonyl (C=O) groups is 1. The van der Waals surface area contributed by atoms with Crippen LogP contribution in [0.2, 0.25) is 0 Å². The molecular formula is C12H21N3O. The molecule has 3 aliphatic heterocycles. The first-order valence-corrected chi connectivity index (χ1v) is 6.60. The third-order valence-electron chi connectivity index (χ3n) is 4.32. The van der Waals surface area contributed by atoms with Gasteiger partial charge in [-0.25, -0.2) is 0 Å². The minimum atomic E-state index is 0.223. The van der Waals surface area contributed by atoms with Crippen molar-refractivity contribution in [3.8, 4) is 0 Å². The van der Waals surface area contributed by atoms with Crippen LogP contribution in [0.25, 0.3) is 0 Å². The van der Waals surface area contributed by atoms with Crippen LogP contribution in [-0.4, -0.2) is 48.6 Å². The van der Waals surface area contributed by atoms with Crippen molar-refractivity contribution in [3.63, 3.8) is 0 Å². The quantitative estimate of drug-likeness (QED) is 0.713. The molecule has 3 aliphatic rings. The highest BCUT2D eigenvalue weighted by Crippen LogP contribution is 2.27. The van der Waals surface area contributed by atoms with E-state index in [1.807, 2.05) is 0 Å². The topological polar surface area (TPSA) is 44.4 Å². The highest BCUT2D eigenvalue weighted by Gasteiger charge is 2.37. The van der Waals surface area contributed by atoms with Gasteiger partial charge in [0.15, 0.2) is 0 Å². The molecule has 0 aromatic rings. The molecule has 16 heavy (non-hydrogen) atoms. The van der Waals surface area contributed by atoms with Gasteiger partial charge in [-0.3, -0.25) is 9.69 Å². The number of hydrogen-bond acceptors (Lipinski definition) is 3. The van der Waals surface area contributed by atoms with Gasteiger partial charge in [-0.2, -0.15) is 0 Å². The van der Waals surface area contributed by atoms with Crippen molar-refractivity contribution in [3.05, 3.63) is 0 Å². The second kappa shape index (κ2) is 4.34. The van der Waals surface area contributed by atoms with Gasteiger partial charge in [0.2, 0.25) is 5.91 Å². The third-order valence-corrected chi connectivity index (χ3v) is 4.32. The van der Waals surface area contributed by atoms with E-state index in [2.05, 4.69) is 15.5 Å². The molecule has 0 aliphatic carbocycles. The molecule has 4 heteroatoms. The Morgan fingerprint density at radius 3 is 3.06 bits per heavy atom. The van der Waals surface area contributed by atoms with Gasteiger partial charge in [0.25, 0.3) is 0 Å². The lowest BCUT2D eigenvalue weighted by Crippen LogP contribution is -2.44. The summed E-state index contributed by atoms with van der Waals surface area (Å²) < 4.78 is 0. The molecule has 3 atom stereocenters. The van der Waals surface area contributed by atoms with Crippen LogP contribution >= 0.6 is 0 Å². The summed E-state index contributed by atoms with van der Waals surface area (Å²) in [6, 6.07) is 1.82. The van der Waals surface area contributed by atoms with Crippen LogP contribution in [0.1, 0.15) is 32.1 Å². The van der Waals surface area contributed by atoms with Crippen LogP contribution in [0.3, 0.4) is 0 Å². The molecular weight excluding hydrogens is 202 g/mol. The normalized spacial score (nSPS) is 39.0. The Bertz CT molecular complexity index is 281. The predicted octanol–water partition coefficient (Wildman–Crippen LogP) is 0.0913. The molecule has 0 aromatic heterocycles. The van der Waals surface area contributed by atoms with Crippen LogP contribution in [-0.2, 0) is 4.79 Å². The molecule has 3 rings (SSSR count). The lowest BCUT2D eigenvalue weighted by molar-refractivity contribution is -0.119. The molecule has 0 saturated carbocycles. The zero-order valence-corrected chi connectivity index (χ0v) is 9.74. The Hall–Kier alpha value is -0.610. The number of nitrogens with zero attached hydrogens (tertiary/aromatic N) is 1. The van der Waals surface area contributed by atoms with E-state index >= 15 is 0 Å². The van der Waals surface area contributed by atoms with E-state index in [4.69, 9.17) is 0 Å². The SMILES string of the molecule is O=C1CCC(CNC2CCN3CCCC23)N1. The van der Waals surface area contributed by atoms with Gasteiger partial charge < -0.3 is 10.6 Å². The van der Waals surface area contributed by atoms with Gasteiger partial charge in [0.1, 0.15) is 0 Å². The molecule has 0 spiro atoms. The molecule has 3 heterocycles. The average molecular weight is 223 g/mol. The minimum Gasteiger partial charge on any atom is -0.352 e. The molecule has 90 valence electrons. The van der Waals surface area contributed by atoms with E-state index < -0.39 is 0 Å². The summed E-state index contributed by atoms with van der Waals surface area (Å²) in [6.45, 7) is 3.52. The molecule has 0 radical (unpaired) electrons. The fourth-order valence-corrected chi connectivity index (χ4v) is 3.44. The number of carbonyl (C=O) groups excluding carboxylic acids is 1. The largest absolute Gasteiger partial charge is 0.352 e. The predicted molar refractivity (Wildman–Crippen MR) is 62.2 cm³/mol. The summed E-state index contributed by atoms with van der Waals surface area (Å²) in [4.78, 5) is 13.7. The van der Waals surface area contributed by atoms with Crippen molar-refractivity contribution in [2.75, 3.05) is 19.6 Å². The van der Waals surface area contributed by atoms with E-state index in [1.165, 1.54) is 32.4 Å². The smallest absolute Gasteiger partial charge is 0.220 e. The maximum Gasteiger partial charge on any atom is 0.220 e. The summed E-state index contributed by atoms with van der Waals surface area (Å²) in [5.74, 6) is 0.223. The van der Waals surface area contributed by atoms with Gasteiger partial charge in [0, 0.05) is 37.6 Å². The number of nitrogens with one attached hydrogen (secondary N) is 2. The molecule has 2 N–H and O–H groups in total. The summed E-state index contributed by atoms with van der Waals surface area (Å²) in [6.07, 6.45) is 5.72. The first kappa shape index (κ1) is 10.5. The van der Waals surface area contributed by atoms with E-state index in [0.717, 1.165) is 19.0 Å². The molecule has 0 aromatic carbocycles. The average Bonchev–Trinajstić information content (AvgIpc) is 2.91. The first-order chi connectivity index (χ1) is 7.83. The van der Waals surface area contributed by atoms with Crippen LogP contribution in [0, 0.1) is 0 Å². The summed E-state index contributed by atoms with van der Waals surface area (Å²) >= 11 is 0. The molecule has 3 fully saturated rings. The highest BCUT2D eigenvalue weighted by atomic mass is 16.1. The van der Waals surface area contributed by atoms with Gasteiger partial charge in [-0.1, -0.05) is 0 Å². The minimum absolute atomic E-state index is 0.223. The Balaban J connectivity index is 1.46. The first-order valence-electron chi connectivity index (χ1n) is 6.60. The van der Waals surface area contributed by atoms with E-state index in [9.17, 15) is 4.79 Å². The van der Waals surface area contributed by atoms with Crippen molar-refractivity contribution in [1.82, 2.24) is 15.5 Å². The maximum atomic E-state index is 11.1.